The van der Waals surface area contributed by atoms with Gasteiger partial charge < -0.3 is 0 Å². The summed E-state index contributed by atoms with van der Waals surface area (Å²) in [5.41, 5.74) is 10.3. The molecule has 0 unspecified atom stereocenters. The molecule has 0 aromatic heterocycles. The molecule has 78 valence electrons. The first-order valence-electron chi connectivity index (χ1n) is 4.87. The van der Waals surface area contributed by atoms with Crippen LogP contribution < -0.4 is 5.01 Å². The van der Waals surface area contributed by atoms with Crippen LogP contribution in [0.1, 0.15) is 0 Å². The third kappa shape index (κ3) is 2.13. The molecule has 0 saturated heterocycles. The fourth-order valence-corrected chi connectivity index (χ4v) is 1.43. The average molecular weight is 210 g/mol. The summed E-state index contributed by atoms with van der Waals surface area (Å²) in [5.74, 6) is 0. The third-order valence-corrected chi connectivity index (χ3v) is 2.13. The van der Waals surface area contributed by atoms with Crippen LogP contribution in [0.15, 0.2) is 65.9 Å². The summed E-state index contributed by atoms with van der Waals surface area (Å²) in [6.45, 7) is 0. The first-order chi connectivity index (χ1) is 7.92. The molecule has 0 radical (unpaired) electrons. The van der Waals surface area contributed by atoms with E-state index in [2.05, 4.69) is 10.1 Å². The molecule has 2 rings (SSSR count). The summed E-state index contributed by atoms with van der Waals surface area (Å²) in [4.78, 5) is 2.84. The number of hydrogen-bond acceptors (Lipinski definition) is 1. The van der Waals surface area contributed by atoms with Crippen molar-refractivity contribution >= 4 is 11.4 Å². The van der Waals surface area contributed by atoms with E-state index in [0.29, 0.717) is 0 Å². The van der Waals surface area contributed by atoms with Gasteiger partial charge in [-0.25, -0.2) is 0 Å². The largest absolute Gasteiger partial charge is 0.179 e. The van der Waals surface area contributed by atoms with Gasteiger partial charge in [0.2, 0.25) is 0 Å². The van der Waals surface area contributed by atoms with Crippen molar-refractivity contribution in [2.24, 2.45) is 5.22 Å². The highest BCUT2D eigenvalue weighted by Gasteiger charge is 2.10. The van der Waals surface area contributed by atoms with Crippen molar-refractivity contribution in [3.05, 3.63) is 71.1 Å². The molecule has 2 aromatic rings. The van der Waals surface area contributed by atoms with E-state index in [0.717, 1.165) is 11.4 Å². The van der Waals surface area contributed by atoms with E-state index in [9.17, 15) is 0 Å². The zero-order chi connectivity index (χ0) is 11.2. The second-order valence-corrected chi connectivity index (χ2v) is 3.16. The quantitative estimate of drug-likeness (QED) is 0.326. The van der Waals surface area contributed by atoms with E-state index < -0.39 is 0 Å². The van der Waals surface area contributed by atoms with Gasteiger partial charge in [-0.3, -0.25) is 0 Å². The molecule has 4 nitrogen and oxygen atoms in total. The first-order valence-corrected chi connectivity index (χ1v) is 4.87. The van der Waals surface area contributed by atoms with Crippen LogP contribution >= 0.6 is 0 Å². The molecular weight excluding hydrogens is 200 g/mol. The molecule has 4 heteroatoms. The summed E-state index contributed by atoms with van der Waals surface area (Å²) in [5, 5.41) is 5.23. The highest BCUT2D eigenvalue weighted by molar-refractivity contribution is 5.61. The summed E-state index contributed by atoms with van der Waals surface area (Å²) >= 11 is 0. The Labute approximate surface area is 93.4 Å². The van der Waals surface area contributed by atoms with Gasteiger partial charge in [0.05, 0.1) is 0 Å². The van der Waals surface area contributed by atoms with Crippen LogP contribution in [0.25, 0.3) is 10.4 Å². The summed E-state index contributed by atoms with van der Waals surface area (Å²) in [6, 6.07) is 19.0. The Morgan fingerprint density at radius 1 is 0.812 bits per heavy atom. The second kappa shape index (κ2) is 4.87. The van der Waals surface area contributed by atoms with Crippen LogP contribution in [-0.2, 0) is 0 Å². The minimum Gasteiger partial charge on any atom is -0.179 e. The van der Waals surface area contributed by atoms with Gasteiger partial charge in [-0.1, -0.05) is 36.4 Å². The van der Waals surface area contributed by atoms with Crippen LogP contribution in [0.3, 0.4) is 0 Å². The highest BCUT2D eigenvalue weighted by atomic mass is 15.5. The molecule has 0 aliphatic carbocycles. The lowest BCUT2D eigenvalue weighted by Crippen LogP contribution is -2.06. The molecule has 0 fully saturated rings. The lowest BCUT2D eigenvalue weighted by atomic mass is 10.2. The van der Waals surface area contributed by atoms with Gasteiger partial charge >= 0.3 is 0 Å². The third-order valence-electron chi connectivity index (χ3n) is 2.13. The summed E-state index contributed by atoms with van der Waals surface area (Å²) < 4.78 is 0. The van der Waals surface area contributed by atoms with Crippen LogP contribution in [0.2, 0.25) is 0 Å². The second-order valence-electron chi connectivity index (χ2n) is 3.16. The number of para-hydroxylation sites is 2. The van der Waals surface area contributed by atoms with Gasteiger partial charge in [0.15, 0.2) is 0 Å². The standard InChI is InChI=1S/C12H10N4/c13-14-15-16(11-7-3-1-4-8-11)12-9-5-2-6-10-12/h1-10H. The maximum Gasteiger partial charge on any atom is 0.136 e. The van der Waals surface area contributed by atoms with Crippen molar-refractivity contribution in [2.45, 2.75) is 0 Å². The van der Waals surface area contributed by atoms with Crippen molar-refractivity contribution in [1.82, 2.24) is 0 Å². The van der Waals surface area contributed by atoms with Crippen LogP contribution in [0.4, 0.5) is 11.4 Å². The van der Waals surface area contributed by atoms with E-state index in [4.69, 9.17) is 5.53 Å². The Kier molecular flexibility index (Phi) is 3.07. The van der Waals surface area contributed by atoms with Crippen molar-refractivity contribution in [3.63, 3.8) is 0 Å². The van der Waals surface area contributed by atoms with Crippen molar-refractivity contribution in [1.29, 1.82) is 0 Å². The van der Waals surface area contributed by atoms with E-state index in [1.165, 1.54) is 0 Å². The minimum absolute atomic E-state index is 0.839. The number of hydrogen-bond donors (Lipinski definition) is 0. The molecule has 0 aliphatic heterocycles. The molecule has 0 bridgehead atoms. The maximum atomic E-state index is 8.58. The maximum absolute atomic E-state index is 8.58. The Bertz CT molecular complexity index is 449. The van der Waals surface area contributed by atoms with Gasteiger partial charge in [-0.2, -0.15) is 9.92 Å². The molecule has 0 amide bonds. The lowest BCUT2D eigenvalue weighted by Gasteiger charge is -2.12. The Morgan fingerprint density at radius 3 is 1.62 bits per heavy atom. The topological polar surface area (TPSA) is 52.0 Å². The zero-order valence-corrected chi connectivity index (χ0v) is 8.56. The molecule has 0 spiro atoms. The Balaban J connectivity index is 2.43. The van der Waals surface area contributed by atoms with Gasteiger partial charge in [0.25, 0.3) is 0 Å². The fourth-order valence-electron chi connectivity index (χ4n) is 1.43. The van der Waals surface area contributed by atoms with Crippen LogP contribution in [-0.4, -0.2) is 0 Å². The molecule has 0 aliphatic rings. The van der Waals surface area contributed by atoms with Crippen LogP contribution in [0, 0.1) is 0 Å². The number of anilines is 2. The minimum atomic E-state index is 0.839. The summed E-state index contributed by atoms with van der Waals surface area (Å²) in [6.07, 6.45) is 0. The van der Waals surface area contributed by atoms with Crippen molar-refractivity contribution < 1.29 is 0 Å². The summed E-state index contributed by atoms with van der Waals surface area (Å²) in [7, 11) is 0. The van der Waals surface area contributed by atoms with Gasteiger partial charge in [-0.05, 0) is 29.5 Å². The Morgan fingerprint density at radius 2 is 1.25 bits per heavy atom. The first kappa shape index (κ1) is 10.1. The zero-order valence-electron chi connectivity index (χ0n) is 8.56. The van der Waals surface area contributed by atoms with E-state index in [-0.39, 0.29) is 0 Å². The fraction of sp³-hybridized carbons (Fsp3) is 0. The number of azide groups is 1. The molecular formula is C12H10N4. The molecule has 0 heterocycles. The van der Waals surface area contributed by atoms with Crippen LogP contribution in [0.5, 0.6) is 0 Å². The molecule has 16 heavy (non-hydrogen) atoms. The smallest absolute Gasteiger partial charge is 0.136 e. The monoisotopic (exact) mass is 210 g/mol. The van der Waals surface area contributed by atoms with E-state index in [1.54, 1.807) is 5.01 Å². The number of rotatable bonds is 3. The number of benzene rings is 2. The molecule has 2 aromatic carbocycles. The molecule has 0 saturated carbocycles. The Hall–Kier alpha value is -2.45. The van der Waals surface area contributed by atoms with E-state index in [1.807, 2.05) is 60.7 Å². The van der Waals surface area contributed by atoms with Gasteiger partial charge in [0.1, 0.15) is 11.4 Å². The SMILES string of the molecule is [N-]=[N+]=NN(c1ccccc1)c1ccccc1. The van der Waals surface area contributed by atoms with Crippen molar-refractivity contribution in [3.8, 4) is 0 Å². The normalized spacial score (nSPS) is 9.25. The van der Waals surface area contributed by atoms with Crippen molar-refractivity contribution in [2.75, 3.05) is 5.01 Å². The predicted molar refractivity (Wildman–Crippen MR) is 64.2 cm³/mol. The predicted octanol–water partition coefficient (Wildman–Crippen LogP) is 4.05. The lowest BCUT2D eigenvalue weighted by molar-refractivity contribution is 1.06. The molecule has 0 N–H and O–H groups in total. The van der Waals surface area contributed by atoms with Gasteiger partial charge in [-0.15, -0.1) is 5.53 Å². The average Bonchev–Trinajstić information content (AvgIpc) is 2.38. The van der Waals surface area contributed by atoms with Gasteiger partial charge in [0, 0.05) is 0 Å². The van der Waals surface area contributed by atoms with E-state index >= 15 is 0 Å². The number of nitrogens with zero attached hydrogens (tertiary/aromatic N) is 4. The molecule has 0 atom stereocenters. The highest BCUT2D eigenvalue weighted by Crippen LogP contribution is 2.24.